The first-order valence-electron chi connectivity index (χ1n) is 6.36. The second-order valence-corrected chi connectivity index (χ2v) is 6.31. The highest BCUT2D eigenvalue weighted by molar-refractivity contribution is 7.89. The highest BCUT2D eigenvalue weighted by atomic mass is 32.2. The summed E-state index contributed by atoms with van der Waals surface area (Å²) < 4.78 is 22.3. The minimum atomic E-state index is -3.71. The van der Waals surface area contributed by atoms with Crippen LogP contribution in [0.5, 0.6) is 0 Å². The number of allylic oxidation sites excluding steroid dienone is 1. The van der Waals surface area contributed by atoms with Gasteiger partial charge in [-0.15, -0.1) is 0 Å². The molecule has 0 bridgehead atoms. The molecule has 0 saturated carbocycles. The molecule has 0 saturated heterocycles. The summed E-state index contributed by atoms with van der Waals surface area (Å²) >= 11 is 0. The number of nitrogens with one attached hydrogen (secondary N) is 1. The summed E-state index contributed by atoms with van der Waals surface area (Å²) in [6.45, 7) is 5.81. The summed E-state index contributed by atoms with van der Waals surface area (Å²) in [6, 6.07) is 5.78. The first-order chi connectivity index (χ1) is 9.25. The first-order valence-corrected chi connectivity index (χ1v) is 7.91. The number of rotatable bonds is 5. The molecule has 0 aromatic heterocycles. The molecule has 6 heteroatoms. The number of anilines is 1. The summed E-state index contributed by atoms with van der Waals surface area (Å²) in [5.74, 6) is -0.157. The Balaban J connectivity index is 2.89. The van der Waals surface area contributed by atoms with E-state index in [2.05, 4.69) is 5.32 Å². The van der Waals surface area contributed by atoms with Crippen LogP contribution in [0.4, 0.5) is 5.69 Å². The van der Waals surface area contributed by atoms with Crippen LogP contribution < -0.4 is 10.5 Å². The Bertz CT molecular complexity index is 612. The molecule has 0 aliphatic rings. The lowest BCUT2D eigenvalue weighted by Gasteiger charge is -2.10. The molecular weight excluding hydrogens is 276 g/mol. The molecule has 5 nitrogen and oxygen atoms in total. The van der Waals surface area contributed by atoms with Gasteiger partial charge in [0, 0.05) is 11.3 Å². The Morgan fingerprint density at radius 3 is 2.15 bits per heavy atom. The van der Waals surface area contributed by atoms with Crippen molar-refractivity contribution in [3.63, 3.8) is 0 Å². The van der Waals surface area contributed by atoms with E-state index in [4.69, 9.17) is 5.14 Å². The Hall–Kier alpha value is -1.66. The fourth-order valence-electron chi connectivity index (χ4n) is 1.78. The van der Waals surface area contributed by atoms with Crippen molar-refractivity contribution in [1.29, 1.82) is 0 Å². The molecule has 0 atom stereocenters. The number of amides is 1. The van der Waals surface area contributed by atoms with E-state index in [9.17, 15) is 13.2 Å². The van der Waals surface area contributed by atoms with Crippen LogP contribution in [0.1, 0.15) is 33.6 Å². The monoisotopic (exact) mass is 296 g/mol. The van der Waals surface area contributed by atoms with Crippen molar-refractivity contribution in [3.8, 4) is 0 Å². The highest BCUT2D eigenvalue weighted by Crippen LogP contribution is 2.16. The molecule has 0 fully saturated rings. The maximum absolute atomic E-state index is 12.1. The number of nitrogens with two attached hydrogens (primary N) is 1. The minimum absolute atomic E-state index is 0.0199. The van der Waals surface area contributed by atoms with Crippen LogP contribution in [-0.4, -0.2) is 14.3 Å². The summed E-state index contributed by atoms with van der Waals surface area (Å²) in [4.78, 5) is 12.1. The average Bonchev–Trinajstić information content (AvgIpc) is 2.34. The normalized spacial score (nSPS) is 11.0. The van der Waals surface area contributed by atoms with Crippen molar-refractivity contribution >= 4 is 21.6 Å². The summed E-state index contributed by atoms with van der Waals surface area (Å²) in [6.07, 6.45) is 1.60. The van der Waals surface area contributed by atoms with Crippen LogP contribution in [0.3, 0.4) is 0 Å². The lowest BCUT2D eigenvalue weighted by atomic mass is 10.0. The molecule has 0 unspecified atom stereocenters. The molecular formula is C14H20N2O3S. The quantitative estimate of drug-likeness (QED) is 0.818. The predicted molar refractivity (Wildman–Crippen MR) is 79.7 cm³/mol. The lowest BCUT2D eigenvalue weighted by Crippen LogP contribution is -2.16. The van der Waals surface area contributed by atoms with Gasteiger partial charge in [-0.25, -0.2) is 13.6 Å². The topological polar surface area (TPSA) is 89.3 Å². The van der Waals surface area contributed by atoms with Gasteiger partial charge in [0.25, 0.3) is 5.91 Å². The zero-order valence-electron chi connectivity index (χ0n) is 11.9. The van der Waals surface area contributed by atoms with Gasteiger partial charge in [-0.05, 0) is 44.5 Å². The van der Waals surface area contributed by atoms with Gasteiger partial charge in [-0.1, -0.05) is 18.9 Å². The first kappa shape index (κ1) is 16.4. The molecule has 110 valence electrons. The molecule has 0 aliphatic heterocycles. The third-order valence-electron chi connectivity index (χ3n) is 2.82. The van der Waals surface area contributed by atoms with Crippen molar-refractivity contribution in [2.24, 2.45) is 5.14 Å². The van der Waals surface area contributed by atoms with E-state index < -0.39 is 10.0 Å². The van der Waals surface area contributed by atoms with Gasteiger partial charge in [0.15, 0.2) is 0 Å². The van der Waals surface area contributed by atoms with Gasteiger partial charge in [-0.3, -0.25) is 4.79 Å². The van der Waals surface area contributed by atoms with E-state index in [1.165, 1.54) is 24.3 Å². The van der Waals surface area contributed by atoms with Crippen molar-refractivity contribution in [1.82, 2.24) is 0 Å². The van der Waals surface area contributed by atoms with E-state index in [0.717, 1.165) is 17.6 Å². The number of benzene rings is 1. The van der Waals surface area contributed by atoms with Crippen LogP contribution in [-0.2, 0) is 14.8 Å². The number of hydrogen-bond acceptors (Lipinski definition) is 3. The largest absolute Gasteiger partial charge is 0.322 e. The number of primary sulfonamides is 1. The van der Waals surface area contributed by atoms with Gasteiger partial charge >= 0.3 is 0 Å². The third-order valence-corrected chi connectivity index (χ3v) is 3.75. The van der Waals surface area contributed by atoms with E-state index >= 15 is 0 Å². The summed E-state index contributed by atoms with van der Waals surface area (Å²) in [5.41, 5.74) is 2.27. The number of sulfonamides is 1. The lowest BCUT2D eigenvalue weighted by molar-refractivity contribution is -0.113. The van der Waals surface area contributed by atoms with Crippen molar-refractivity contribution < 1.29 is 13.2 Å². The van der Waals surface area contributed by atoms with Crippen LogP contribution in [0, 0.1) is 0 Å². The van der Waals surface area contributed by atoms with E-state index in [0.29, 0.717) is 12.1 Å². The van der Waals surface area contributed by atoms with Crippen molar-refractivity contribution in [2.45, 2.75) is 38.5 Å². The molecule has 1 aromatic carbocycles. The van der Waals surface area contributed by atoms with Crippen molar-refractivity contribution in [3.05, 3.63) is 35.4 Å². The molecule has 20 heavy (non-hydrogen) atoms. The maximum atomic E-state index is 12.1. The fraction of sp³-hybridized carbons (Fsp3) is 0.357. The van der Waals surface area contributed by atoms with Crippen LogP contribution >= 0.6 is 0 Å². The zero-order chi connectivity index (χ0) is 15.3. The molecule has 1 rings (SSSR count). The average molecular weight is 296 g/mol. The standard InChI is InChI=1S/C14H20N2O3S/c1-4-5-13(10(2)3)14(17)16-11-6-8-12(9-7-11)20(15,18)19/h6-9H,4-5H2,1-3H3,(H,16,17)(H2,15,18,19). The molecule has 0 heterocycles. The highest BCUT2D eigenvalue weighted by Gasteiger charge is 2.12. The maximum Gasteiger partial charge on any atom is 0.251 e. The smallest absolute Gasteiger partial charge is 0.251 e. The van der Waals surface area contributed by atoms with Crippen LogP contribution in [0.25, 0.3) is 0 Å². The molecule has 0 spiro atoms. The molecule has 1 aromatic rings. The van der Waals surface area contributed by atoms with Crippen molar-refractivity contribution in [2.75, 3.05) is 5.32 Å². The zero-order valence-corrected chi connectivity index (χ0v) is 12.8. The summed E-state index contributed by atoms with van der Waals surface area (Å²) in [5, 5.41) is 7.77. The van der Waals surface area contributed by atoms with E-state index in [1.54, 1.807) is 0 Å². The van der Waals surface area contributed by atoms with Gasteiger partial charge in [0.1, 0.15) is 0 Å². The van der Waals surface area contributed by atoms with Gasteiger partial charge < -0.3 is 5.32 Å². The molecule has 0 aliphatic carbocycles. The Morgan fingerprint density at radius 2 is 1.75 bits per heavy atom. The molecule has 0 radical (unpaired) electrons. The van der Waals surface area contributed by atoms with Gasteiger partial charge in [-0.2, -0.15) is 0 Å². The molecule has 3 N–H and O–H groups in total. The fourth-order valence-corrected chi connectivity index (χ4v) is 2.29. The Morgan fingerprint density at radius 1 is 1.20 bits per heavy atom. The number of carbonyl (C=O) groups is 1. The Labute approximate surface area is 119 Å². The van der Waals surface area contributed by atoms with Gasteiger partial charge in [0.05, 0.1) is 4.90 Å². The number of carbonyl (C=O) groups excluding carboxylic acids is 1. The SMILES string of the molecule is CCCC(C(=O)Nc1ccc(S(N)(=O)=O)cc1)=C(C)C. The Kier molecular flexibility index (Phi) is 5.47. The van der Waals surface area contributed by atoms with Crippen LogP contribution in [0.2, 0.25) is 0 Å². The van der Waals surface area contributed by atoms with Gasteiger partial charge in [0.2, 0.25) is 10.0 Å². The van der Waals surface area contributed by atoms with E-state index in [-0.39, 0.29) is 10.8 Å². The third kappa shape index (κ3) is 4.47. The molecule has 1 amide bonds. The van der Waals surface area contributed by atoms with E-state index in [1.807, 2.05) is 20.8 Å². The van der Waals surface area contributed by atoms with Crippen LogP contribution in [0.15, 0.2) is 40.3 Å². The summed E-state index contributed by atoms with van der Waals surface area (Å²) in [7, 11) is -3.71. The second-order valence-electron chi connectivity index (χ2n) is 4.75. The number of hydrogen-bond donors (Lipinski definition) is 2. The minimum Gasteiger partial charge on any atom is -0.322 e. The predicted octanol–water partition coefficient (Wildman–Crippen LogP) is 2.41. The second kappa shape index (κ2) is 6.67.